The summed E-state index contributed by atoms with van der Waals surface area (Å²) < 4.78 is 15.7. The van der Waals surface area contributed by atoms with Gasteiger partial charge in [0.15, 0.2) is 0 Å². The summed E-state index contributed by atoms with van der Waals surface area (Å²) in [6, 6.07) is 7.40. The fraction of sp³-hybridized carbons (Fsp3) is 0.333. The van der Waals surface area contributed by atoms with Crippen LogP contribution in [0.4, 0.5) is 4.39 Å². The van der Waals surface area contributed by atoms with Gasteiger partial charge in [-0.05, 0) is 24.6 Å². The minimum atomic E-state index is -0.136. The lowest BCUT2D eigenvalue weighted by molar-refractivity contribution is 0.480. The van der Waals surface area contributed by atoms with Gasteiger partial charge in [-0.25, -0.2) is 4.39 Å². The van der Waals surface area contributed by atoms with E-state index < -0.39 is 0 Å². The standard InChI is InChI=1S/C12H13FN2/c13-11-2-1-3-12-10(11)7-9-6-8(14)4-5-15(9)12/h1-3,7-8H,4-6,14H2. The molecule has 3 rings (SSSR count). The molecule has 0 bridgehead atoms. The third-order valence-corrected chi connectivity index (χ3v) is 3.17. The third kappa shape index (κ3) is 1.27. The number of hydrogen-bond acceptors (Lipinski definition) is 1. The van der Waals surface area contributed by atoms with E-state index in [4.69, 9.17) is 5.73 Å². The number of benzene rings is 1. The molecular formula is C12H13FN2. The van der Waals surface area contributed by atoms with Gasteiger partial charge in [0.2, 0.25) is 0 Å². The van der Waals surface area contributed by atoms with E-state index >= 15 is 0 Å². The monoisotopic (exact) mass is 204 g/mol. The van der Waals surface area contributed by atoms with Crippen LogP contribution in [0.25, 0.3) is 10.9 Å². The number of aryl methyl sites for hydroxylation is 1. The van der Waals surface area contributed by atoms with Crippen LogP contribution in [0.1, 0.15) is 12.1 Å². The van der Waals surface area contributed by atoms with E-state index in [0.29, 0.717) is 0 Å². The normalized spacial score (nSPS) is 20.5. The molecule has 78 valence electrons. The molecule has 15 heavy (non-hydrogen) atoms. The SMILES string of the molecule is NC1CCn2c(cc3c(F)cccc32)C1. The van der Waals surface area contributed by atoms with Gasteiger partial charge < -0.3 is 10.3 Å². The van der Waals surface area contributed by atoms with Crippen LogP contribution < -0.4 is 5.73 Å². The van der Waals surface area contributed by atoms with Crippen LogP contribution in [-0.2, 0) is 13.0 Å². The van der Waals surface area contributed by atoms with E-state index in [-0.39, 0.29) is 11.9 Å². The lowest BCUT2D eigenvalue weighted by Crippen LogP contribution is -2.30. The molecule has 1 unspecified atom stereocenters. The molecule has 1 aromatic carbocycles. The van der Waals surface area contributed by atoms with E-state index in [2.05, 4.69) is 4.57 Å². The van der Waals surface area contributed by atoms with E-state index in [0.717, 1.165) is 36.0 Å². The molecule has 0 amide bonds. The predicted octanol–water partition coefficient (Wildman–Crippen LogP) is 2.05. The zero-order chi connectivity index (χ0) is 10.4. The van der Waals surface area contributed by atoms with Crippen LogP contribution in [0.2, 0.25) is 0 Å². The maximum Gasteiger partial charge on any atom is 0.132 e. The first-order chi connectivity index (χ1) is 7.25. The van der Waals surface area contributed by atoms with Gasteiger partial charge >= 0.3 is 0 Å². The molecule has 1 atom stereocenters. The number of halogens is 1. The van der Waals surface area contributed by atoms with Crippen molar-refractivity contribution in [1.82, 2.24) is 4.57 Å². The quantitative estimate of drug-likeness (QED) is 0.699. The largest absolute Gasteiger partial charge is 0.344 e. The molecule has 2 N–H and O–H groups in total. The Hall–Kier alpha value is -1.35. The fourth-order valence-electron chi connectivity index (χ4n) is 2.40. The van der Waals surface area contributed by atoms with Gasteiger partial charge in [0.05, 0.1) is 5.52 Å². The second-order valence-electron chi connectivity index (χ2n) is 4.21. The van der Waals surface area contributed by atoms with E-state index in [1.165, 1.54) is 6.07 Å². The van der Waals surface area contributed by atoms with Gasteiger partial charge in [-0.3, -0.25) is 0 Å². The first kappa shape index (κ1) is 8.92. The summed E-state index contributed by atoms with van der Waals surface area (Å²) in [7, 11) is 0. The van der Waals surface area contributed by atoms with Crippen LogP contribution >= 0.6 is 0 Å². The van der Waals surface area contributed by atoms with Gasteiger partial charge in [-0.2, -0.15) is 0 Å². The van der Waals surface area contributed by atoms with Crippen LogP contribution in [0, 0.1) is 5.82 Å². The van der Waals surface area contributed by atoms with Gasteiger partial charge in [-0.15, -0.1) is 0 Å². The lowest BCUT2D eigenvalue weighted by Gasteiger charge is -2.21. The molecule has 2 aromatic rings. The highest BCUT2D eigenvalue weighted by atomic mass is 19.1. The molecule has 0 aliphatic carbocycles. The fourth-order valence-corrected chi connectivity index (χ4v) is 2.40. The highest BCUT2D eigenvalue weighted by Crippen LogP contribution is 2.26. The van der Waals surface area contributed by atoms with Crippen molar-refractivity contribution in [2.24, 2.45) is 5.73 Å². The lowest BCUT2D eigenvalue weighted by atomic mass is 10.1. The molecule has 1 aromatic heterocycles. The Balaban J connectivity index is 2.27. The number of nitrogens with two attached hydrogens (primary N) is 1. The van der Waals surface area contributed by atoms with Gasteiger partial charge in [-0.1, -0.05) is 6.07 Å². The van der Waals surface area contributed by atoms with Crippen molar-refractivity contribution < 1.29 is 4.39 Å². The Morgan fingerprint density at radius 3 is 3.13 bits per heavy atom. The van der Waals surface area contributed by atoms with Crippen LogP contribution in [0.3, 0.4) is 0 Å². The van der Waals surface area contributed by atoms with Crippen molar-refractivity contribution in [3.05, 3.63) is 35.8 Å². The predicted molar refractivity (Wildman–Crippen MR) is 58.2 cm³/mol. The Morgan fingerprint density at radius 1 is 1.40 bits per heavy atom. The molecule has 1 aliphatic rings. The van der Waals surface area contributed by atoms with Crippen LogP contribution in [0.15, 0.2) is 24.3 Å². The van der Waals surface area contributed by atoms with Crippen molar-refractivity contribution in [3.8, 4) is 0 Å². The number of hydrogen-bond donors (Lipinski definition) is 1. The van der Waals surface area contributed by atoms with E-state index in [9.17, 15) is 4.39 Å². The number of nitrogens with zero attached hydrogens (tertiary/aromatic N) is 1. The number of fused-ring (bicyclic) bond motifs is 3. The van der Waals surface area contributed by atoms with Gasteiger partial charge in [0.1, 0.15) is 5.82 Å². The second-order valence-corrected chi connectivity index (χ2v) is 4.21. The summed E-state index contributed by atoms with van der Waals surface area (Å²) in [5.41, 5.74) is 8.06. The minimum absolute atomic E-state index is 0.136. The van der Waals surface area contributed by atoms with Gasteiger partial charge in [0.25, 0.3) is 0 Å². The zero-order valence-corrected chi connectivity index (χ0v) is 8.41. The maximum absolute atomic E-state index is 13.5. The summed E-state index contributed by atoms with van der Waals surface area (Å²) in [6.45, 7) is 0.906. The number of aromatic nitrogens is 1. The molecule has 0 fully saturated rings. The number of rotatable bonds is 0. The summed E-state index contributed by atoms with van der Waals surface area (Å²) >= 11 is 0. The Bertz CT molecular complexity index is 516. The molecular weight excluding hydrogens is 191 g/mol. The minimum Gasteiger partial charge on any atom is -0.344 e. The topological polar surface area (TPSA) is 30.9 Å². The molecule has 3 heteroatoms. The molecule has 2 nitrogen and oxygen atoms in total. The van der Waals surface area contributed by atoms with E-state index in [1.807, 2.05) is 12.1 Å². The van der Waals surface area contributed by atoms with Crippen molar-refractivity contribution in [2.75, 3.05) is 0 Å². The molecule has 0 radical (unpaired) electrons. The van der Waals surface area contributed by atoms with Crippen molar-refractivity contribution in [2.45, 2.75) is 25.4 Å². The smallest absolute Gasteiger partial charge is 0.132 e. The van der Waals surface area contributed by atoms with Crippen LogP contribution in [0.5, 0.6) is 0 Å². The first-order valence-electron chi connectivity index (χ1n) is 5.28. The maximum atomic E-state index is 13.5. The van der Waals surface area contributed by atoms with Crippen molar-refractivity contribution >= 4 is 10.9 Å². The van der Waals surface area contributed by atoms with Crippen molar-refractivity contribution in [1.29, 1.82) is 0 Å². The zero-order valence-electron chi connectivity index (χ0n) is 8.41. The second kappa shape index (κ2) is 3.07. The molecule has 0 saturated carbocycles. The Kier molecular flexibility index (Phi) is 1.83. The summed E-state index contributed by atoms with van der Waals surface area (Å²) in [5.74, 6) is -0.136. The first-order valence-corrected chi connectivity index (χ1v) is 5.28. The van der Waals surface area contributed by atoms with E-state index in [1.54, 1.807) is 6.07 Å². The summed E-state index contributed by atoms with van der Waals surface area (Å²) in [4.78, 5) is 0. The molecule has 2 heterocycles. The Labute approximate surface area is 87.5 Å². The molecule has 0 spiro atoms. The average Bonchev–Trinajstić information content (AvgIpc) is 2.57. The molecule has 1 aliphatic heterocycles. The summed E-state index contributed by atoms with van der Waals surface area (Å²) in [5, 5.41) is 0.724. The average molecular weight is 204 g/mol. The van der Waals surface area contributed by atoms with Gasteiger partial charge in [0, 0.05) is 30.1 Å². The summed E-state index contributed by atoms with van der Waals surface area (Å²) in [6.07, 6.45) is 1.83. The Morgan fingerprint density at radius 2 is 2.27 bits per heavy atom. The highest BCUT2D eigenvalue weighted by molar-refractivity contribution is 5.82. The van der Waals surface area contributed by atoms with Crippen LogP contribution in [-0.4, -0.2) is 10.6 Å². The third-order valence-electron chi connectivity index (χ3n) is 3.17. The highest BCUT2D eigenvalue weighted by Gasteiger charge is 2.18. The van der Waals surface area contributed by atoms with Crippen molar-refractivity contribution in [3.63, 3.8) is 0 Å². The molecule has 0 saturated heterocycles.